The minimum Gasteiger partial charge on any atom is -0.399 e. The Morgan fingerprint density at radius 3 is 2.30 bits per heavy atom. The Morgan fingerprint density at radius 2 is 1.75 bits per heavy atom. The first kappa shape index (κ1) is 14.5. The van der Waals surface area contributed by atoms with Crippen LogP contribution in [0.3, 0.4) is 0 Å². The SMILES string of the molecule is Cc1cc(NC(=O)c2cc(N)cc(F)c2)cc(C)c1Br. The molecule has 0 aliphatic carbocycles. The van der Waals surface area contributed by atoms with Gasteiger partial charge >= 0.3 is 0 Å². The number of hydrogen-bond donors (Lipinski definition) is 2. The second-order valence-corrected chi connectivity index (χ2v) is 5.44. The van der Waals surface area contributed by atoms with E-state index in [9.17, 15) is 9.18 Å². The molecule has 0 aromatic heterocycles. The van der Waals surface area contributed by atoms with E-state index in [1.807, 2.05) is 26.0 Å². The van der Waals surface area contributed by atoms with Gasteiger partial charge in [0, 0.05) is 21.4 Å². The molecule has 0 bridgehead atoms. The Hall–Kier alpha value is -1.88. The van der Waals surface area contributed by atoms with Crippen molar-refractivity contribution in [3.05, 3.63) is 57.3 Å². The standard InChI is InChI=1S/C15H14BrFN2O/c1-8-3-13(4-9(2)14(8)16)19-15(20)10-5-11(17)7-12(18)6-10/h3-7H,18H2,1-2H3,(H,19,20). The van der Waals surface area contributed by atoms with E-state index in [4.69, 9.17) is 5.73 Å². The highest BCUT2D eigenvalue weighted by Crippen LogP contribution is 2.25. The molecule has 0 fully saturated rings. The van der Waals surface area contributed by atoms with E-state index in [0.29, 0.717) is 5.69 Å². The van der Waals surface area contributed by atoms with E-state index >= 15 is 0 Å². The number of benzene rings is 2. The van der Waals surface area contributed by atoms with Crippen LogP contribution >= 0.6 is 15.9 Å². The fourth-order valence-corrected chi connectivity index (χ4v) is 2.19. The third-order valence-electron chi connectivity index (χ3n) is 2.88. The number of hydrogen-bond acceptors (Lipinski definition) is 2. The third-order valence-corrected chi connectivity index (χ3v) is 4.13. The lowest BCUT2D eigenvalue weighted by atomic mass is 10.1. The molecule has 0 heterocycles. The second-order valence-electron chi connectivity index (χ2n) is 4.65. The van der Waals surface area contributed by atoms with E-state index in [1.54, 1.807) is 0 Å². The summed E-state index contributed by atoms with van der Waals surface area (Å²) in [5, 5.41) is 2.74. The van der Waals surface area contributed by atoms with Crippen LogP contribution in [0.15, 0.2) is 34.8 Å². The zero-order valence-electron chi connectivity index (χ0n) is 11.1. The fourth-order valence-electron chi connectivity index (χ4n) is 1.96. The highest BCUT2D eigenvalue weighted by molar-refractivity contribution is 9.10. The van der Waals surface area contributed by atoms with Crippen molar-refractivity contribution in [1.82, 2.24) is 0 Å². The predicted octanol–water partition coefficient (Wildman–Crippen LogP) is 4.04. The van der Waals surface area contributed by atoms with Crippen LogP contribution in [0.4, 0.5) is 15.8 Å². The molecule has 0 aliphatic heterocycles. The molecule has 1 amide bonds. The maximum atomic E-state index is 13.2. The number of nitrogen functional groups attached to an aromatic ring is 1. The summed E-state index contributed by atoms with van der Waals surface area (Å²) in [6, 6.07) is 7.46. The normalized spacial score (nSPS) is 10.4. The molecular formula is C15H14BrFN2O. The average molecular weight is 337 g/mol. The highest BCUT2D eigenvalue weighted by atomic mass is 79.9. The molecular weight excluding hydrogens is 323 g/mol. The first-order valence-electron chi connectivity index (χ1n) is 6.01. The number of carbonyl (C=O) groups is 1. The van der Waals surface area contributed by atoms with Crippen LogP contribution in [0.2, 0.25) is 0 Å². The van der Waals surface area contributed by atoms with Crippen LogP contribution in [0.5, 0.6) is 0 Å². The minimum absolute atomic E-state index is 0.195. The summed E-state index contributed by atoms with van der Waals surface area (Å²) in [4.78, 5) is 12.1. The molecule has 2 aromatic rings. The topological polar surface area (TPSA) is 55.1 Å². The number of nitrogens with one attached hydrogen (secondary N) is 1. The van der Waals surface area contributed by atoms with Crippen LogP contribution < -0.4 is 11.1 Å². The summed E-state index contributed by atoms with van der Waals surface area (Å²) in [6.07, 6.45) is 0. The fraction of sp³-hybridized carbons (Fsp3) is 0.133. The molecule has 0 radical (unpaired) electrons. The maximum Gasteiger partial charge on any atom is 0.255 e. The number of amides is 1. The molecule has 0 saturated carbocycles. The van der Waals surface area contributed by atoms with E-state index in [2.05, 4.69) is 21.2 Å². The van der Waals surface area contributed by atoms with Crippen molar-refractivity contribution in [3.63, 3.8) is 0 Å². The largest absolute Gasteiger partial charge is 0.399 e. The number of nitrogens with two attached hydrogens (primary N) is 1. The molecule has 0 spiro atoms. The quantitative estimate of drug-likeness (QED) is 0.813. The Labute approximate surface area is 125 Å². The molecule has 20 heavy (non-hydrogen) atoms. The molecule has 3 nitrogen and oxygen atoms in total. The molecule has 0 aliphatic rings. The van der Waals surface area contributed by atoms with E-state index in [-0.39, 0.29) is 11.3 Å². The van der Waals surface area contributed by atoms with Gasteiger partial charge in [0.2, 0.25) is 0 Å². The van der Waals surface area contributed by atoms with Gasteiger partial charge in [0.1, 0.15) is 5.82 Å². The average Bonchev–Trinajstić information content (AvgIpc) is 2.34. The van der Waals surface area contributed by atoms with Gasteiger partial charge in [-0.25, -0.2) is 4.39 Å². The summed E-state index contributed by atoms with van der Waals surface area (Å²) in [7, 11) is 0. The predicted molar refractivity (Wildman–Crippen MR) is 82.4 cm³/mol. The number of anilines is 2. The maximum absolute atomic E-state index is 13.2. The van der Waals surface area contributed by atoms with E-state index < -0.39 is 11.7 Å². The number of aryl methyl sites for hydroxylation is 2. The minimum atomic E-state index is -0.529. The van der Waals surface area contributed by atoms with Crippen LogP contribution in [0.1, 0.15) is 21.5 Å². The second kappa shape index (κ2) is 5.63. The van der Waals surface area contributed by atoms with Gasteiger partial charge in [-0.05, 0) is 55.3 Å². The summed E-state index contributed by atoms with van der Waals surface area (Å²) in [6.45, 7) is 3.87. The van der Waals surface area contributed by atoms with Gasteiger partial charge in [-0.15, -0.1) is 0 Å². The Morgan fingerprint density at radius 1 is 1.15 bits per heavy atom. The summed E-state index contributed by atoms with van der Waals surface area (Å²) >= 11 is 3.46. The first-order chi connectivity index (χ1) is 9.36. The zero-order chi connectivity index (χ0) is 14.9. The highest BCUT2D eigenvalue weighted by Gasteiger charge is 2.10. The van der Waals surface area contributed by atoms with E-state index in [1.165, 1.54) is 12.1 Å². The smallest absolute Gasteiger partial charge is 0.255 e. The first-order valence-corrected chi connectivity index (χ1v) is 6.80. The number of rotatable bonds is 2. The van der Waals surface area contributed by atoms with Crippen LogP contribution in [-0.4, -0.2) is 5.91 Å². The van der Waals surface area contributed by atoms with Gasteiger partial charge in [-0.2, -0.15) is 0 Å². The monoisotopic (exact) mass is 336 g/mol. The van der Waals surface area contributed by atoms with Crippen LogP contribution in [0, 0.1) is 19.7 Å². The van der Waals surface area contributed by atoms with Crippen molar-refractivity contribution >= 4 is 33.2 Å². The van der Waals surface area contributed by atoms with Gasteiger partial charge in [0.05, 0.1) is 0 Å². The summed E-state index contributed by atoms with van der Waals surface area (Å²) in [5.74, 6) is -0.921. The molecule has 104 valence electrons. The van der Waals surface area contributed by atoms with Crippen molar-refractivity contribution in [3.8, 4) is 0 Å². The third kappa shape index (κ3) is 3.17. The van der Waals surface area contributed by atoms with Crippen molar-refractivity contribution in [2.24, 2.45) is 0 Å². The molecule has 2 aromatic carbocycles. The number of carbonyl (C=O) groups excluding carboxylic acids is 1. The van der Waals surface area contributed by atoms with Crippen molar-refractivity contribution in [2.75, 3.05) is 11.1 Å². The zero-order valence-corrected chi connectivity index (χ0v) is 12.7. The Kier molecular flexibility index (Phi) is 4.09. The van der Waals surface area contributed by atoms with Crippen LogP contribution in [0.25, 0.3) is 0 Å². The molecule has 0 saturated heterocycles. The summed E-state index contributed by atoms with van der Waals surface area (Å²) in [5.41, 5.74) is 8.64. The van der Waals surface area contributed by atoms with Crippen molar-refractivity contribution in [2.45, 2.75) is 13.8 Å². The molecule has 3 N–H and O–H groups in total. The lowest BCUT2D eigenvalue weighted by Gasteiger charge is -2.10. The lowest BCUT2D eigenvalue weighted by molar-refractivity contribution is 0.102. The number of halogens is 2. The van der Waals surface area contributed by atoms with Gasteiger partial charge in [0.25, 0.3) is 5.91 Å². The molecule has 5 heteroatoms. The van der Waals surface area contributed by atoms with E-state index in [0.717, 1.165) is 21.7 Å². The molecule has 2 rings (SSSR count). The lowest BCUT2D eigenvalue weighted by Crippen LogP contribution is -2.13. The van der Waals surface area contributed by atoms with Gasteiger partial charge in [0.15, 0.2) is 0 Å². The Bertz CT molecular complexity index is 642. The summed E-state index contributed by atoms with van der Waals surface area (Å²) < 4.78 is 14.2. The molecule has 0 unspecified atom stereocenters. The van der Waals surface area contributed by atoms with Crippen molar-refractivity contribution in [1.29, 1.82) is 0 Å². The van der Waals surface area contributed by atoms with Crippen LogP contribution in [-0.2, 0) is 0 Å². The van der Waals surface area contributed by atoms with Gasteiger partial charge in [-0.3, -0.25) is 4.79 Å². The van der Waals surface area contributed by atoms with Gasteiger partial charge < -0.3 is 11.1 Å². The Balaban J connectivity index is 2.28. The van der Waals surface area contributed by atoms with Gasteiger partial charge in [-0.1, -0.05) is 15.9 Å². The van der Waals surface area contributed by atoms with Crippen molar-refractivity contribution < 1.29 is 9.18 Å². The molecule has 0 atom stereocenters.